The third-order valence-corrected chi connectivity index (χ3v) is 7.25. The molecule has 0 spiro atoms. The number of carbonyl (C=O) groups excluding carboxylic acids is 2. The monoisotopic (exact) mass is 501 g/mol. The summed E-state index contributed by atoms with van der Waals surface area (Å²) in [5.74, 6) is -0.647. The van der Waals surface area contributed by atoms with Crippen molar-refractivity contribution in [3.05, 3.63) is 64.7 Å². The van der Waals surface area contributed by atoms with E-state index in [0.29, 0.717) is 18.7 Å². The van der Waals surface area contributed by atoms with Gasteiger partial charge in [-0.3, -0.25) is 13.9 Å². The van der Waals surface area contributed by atoms with Crippen LogP contribution in [0.25, 0.3) is 0 Å². The number of hydrogen-bond donors (Lipinski definition) is 1. The molecule has 0 aliphatic heterocycles. The molecule has 0 aliphatic rings. The van der Waals surface area contributed by atoms with Crippen LogP contribution in [0.3, 0.4) is 0 Å². The SMILES string of the molecule is CCCCNC(=O)[C@H](CC)N(Cc1cccc(C)c1)C(=O)CN(c1ccc(C)c(C)c1)S(C)(=O)=O. The molecule has 0 saturated heterocycles. The summed E-state index contributed by atoms with van der Waals surface area (Å²) >= 11 is 0. The molecular formula is C27H39N3O4S. The summed E-state index contributed by atoms with van der Waals surface area (Å²) in [5, 5.41) is 2.93. The van der Waals surface area contributed by atoms with Crippen LogP contribution >= 0.6 is 0 Å². The quantitative estimate of drug-likeness (QED) is 0.444. The Hall–Kier alpha value is -2.87. The summed E-state index contributed by atoms with van der Waals surface area (Å²) in [4.78, 5) is 28.2. The van der Waals surface area contributed by atoms with Gasteiger partial charge in [-0.25, -0.2) is 8.42 Å². The van der Waals surface area contributed by atoms with Crippen molar-refractivity contribution in [2.75, 3.05) is 23.7 Å². The minimum Gasteiger partial charge on any atom is -0.354 e. The number of carbonyl (C=O) groups is 2. The highest BCUT2D eigenvalue weighted by atomic mass is 32.2. The van der Waals surface area contributed by atoms with Crippen molar-refractivity contribution in [2.24, 2.45) is 0 Å². The van der Waals surface area contributed by atoms with Gasteiger partial charge in [-0.2, -0.15) is 0 Å². The van der Waals surface area contributed by atoms with Crippen LogP contribution in [0.1, 0.15) is 55.4 Å². The average Bonchev–Trinajstić information content (AvgIpc) is 2.78. The molecule has 0 fully saturated rings. The van der Waals surface area contributed by atoms with E-state index >= 15 is 0 Å². The topological polar surface area (TPSA) is 86.8 Å². The van der Waals surface area contributed by atoms with Crippen molar-refractivity contribution in [1.82, 2.24) is 10.2 Å². The fourth-order valence-corrected chi connectivity index (χ4v) is 4.77. The first-order chi connectivity index (χ1) is 16.5. The predicted octanol–water partition coefficient (Wildman–Crippen LogP) is 4.10. The maximum atomic E-state index is 13.7. The number of nitrogens with one attached hydrogen (secondary N) is 1. The molecule has 1 N–H and O–H groups in total. The van der Waals surface area contributed by atoms with Crippen molar-refractivity contribution in [3.8, 4) is 0 Å². The normalized spacial score (nSPS) is 12.2. The molecule has 2 aromatic rings. The lowest BCUT2D eigenvalue weighted by Crippen LogP contribution is -2.52. The van der Waals surface area contributed by atoms with Crippen molar-refractivity contribution in [2.45, 2.75) is 66.5 Å². The summed E-state index contributed by atoms with van der Waals surface area (Å²) in [6, 6.07) is 12.4. The smallest absolute Gasteiger partial charge is 0.244 e. The summed E-state index contributed by atoms with van der Waals surface area (Å²) in [6.07, 6.45) is 3.30. The molecule has 0 saturated carbocycles. The molecule has 0 bridgehead atoms. The second kappa shape index (κ2) is 12.7. The summed E-state index contributed by atoms with van der Waals surface area (Å²) in [5.41, 5.74) is 4.32. The van der Waals surface area contributed by atoms with Crippen molar-refractivity contribution >= 4 is 27.5 Å². The van der Waals surface area contributed by atoms with Gasteiger partial charge in [0, 0.05) is 13.1 Å². The van der Waals surface area contributed by atoms with Crippen LogP contribution in [0.15, 0.2) is 42.5 Å². The highest BCUT2D eigenvalue weighted by molar-refractivity contribution is 7.92. The van der Waals surface area contributed by atoms with E-state index in [1.807, 2.05) is 65.0 Å². The van der Waals surface area contributed by atoms with Gasteiger partial charge in [0.15, 0.2) is 0 Å². The van der Waals surface area contributed by atoms with E-state index in [9.17, 15) is 18.0 Å². The third-order valence-electron chi connectivity index (χ3n) is 6.11. The number of aryl methyl sites for hydroxylation is 3. The molecular weight excluding hydrogens is 462 g/mol. The van der Waals surface area contributed by atoms with Crippen molar-refractivity contribution in [3.63, 3.8) is 0 Å². The molecule has 192 valence electrons. The molecule has 35 heavy (non-hydrogen) atoms. The Kier molecular flexibility index (Phi) is 10.3. The molecule has 2 aromatic carbocycles. The first-order valence-electron chi connectivity index (χ1n) is 12.2. The van der Waals surface area contributed by atoms with Crippen LogP contribution in [0.2, 0.25) is 0 Å². The fourth-order valence-electron chi connectivity index (χ4n) is 3.93. The molecule has 7 nitrogen and oxygen atoms in total. The predicted molar refractivity (Wildman–Crippen MR) is 142 cm³/mol. The molecule has 0 radical (unpaired) electrons. The van der Waals surface area contributed by atoms with E-state index in [0.717, 1.165) is 45.7 Å². The lowest BCUT2D eigenvalue weighted by Gasteiger charge is -2.33. The summed E-state index contributed by atoms with van der Waals surface area (Å²) in [6.45, 7) is 10.1. The second-order valence-corrected chi connectivity index (χ2v) is 11.0. The van der Waals surface area contributed by atoms with Gasteiger partial charge in [0.25, 0.3) is 0 Å². The number of amides is 2. The lowest BCUT2D eigenvalue weighted by molar-refractivity contribution is -0.140. The first kappa shape index (κ1) is 28.4. The van der Waals surface area contributed by atoms with E-state index in [1.54, 1.807) is 12.1 Å². The van der Waals surface area contributed by atoms with Gasteiger partial charge in [-0.1, -0.05) is 56.2 Å². The van der Waals surface area contributed by atoms with E-state index in [-0.39, 0.29) is 19.0 Å². The largest absolute Gasteiger partial charge is 0.354 e. The van der Waals surface area contributed by atoms with E-state index in [1.165, 1.54) is 4.90 Å². The molecule has 0 aliphatic carbocycles. The number of sulfonamides is 1. The Bertz CT molecular complexity index is 1130. The molecule has 2 amide bonds. The molecule has 0 heterocycles. The Labute approximate surface area is 210 Å². The number of hydrogen-bond acceptors (Lipinski definition) is 4. The number of benzene rings is 2. The van der Waals surface area contributed by atoms with Crippen LogP contribution in [0.4, 0.5) is 5.69 Å². The van der Waals surface area contributed by atoms with Crippen LogP contribution in [-0.4, -0.2) is 50.5 Å². The highest BCUT2D eigenvalue weighted by Crippen LogP contribution is 2.22. The Balaban J connectivity index is 2.42. The number of unbranched alkanes of at least 4 members (excludes halogenated alkanes) is 1. The molecule has 1 atom stereocenters. The van der Waals surface area contributed by atoms with Crippen molar-refractivity contribution in [1.29, 1.82) is 0 Å². The fraction of sp³-hybridized carbons (Fsp3) is 0.481. The zero-order chi connectivity index (χ0) is 26.2. The minimum absolute atomic E-state index is 0.213. The zero-order valence-corrected chi connectivity index (χ0v) is 22.6. The highest BCUT2D eigenvalue weighted by Gasteiger charge is 2.31. The number of rotatable bonds is 12. The summed E-state index contributed by atoms with van der Waals surface area (Å²) < 4.78 is 26.5. The summed E-state index contributed by atoms with van der Waals surface area (Å²) in [7, 11) is -3.74. The lowest BCUT2D eigenvalue weighted by atomic mass is 10.1. The van der Waals surface area contributed by atoms with Crippen molar-refractivity contribution < 1.29 is 18.0 Å². The van der Waals surface area contributed by atoms with Crippen LogP contribution in [0, 0.1) is 20.8 Å². The standard InChI is InChI=1S/C27H39N3O4S/c1-7-9-15-28-27(32)25(8-2)29(18-23-12-10-11-20(3)16-23)26(31)19-30(35(6,33)34)24-14-13-21(4)22(5)17-24/h10-14,16-17,25H,7-9,15,18-19H2,1-6H3,(H,28,32)/t25-/m0/s1. The molecule has 0 aromatic heterocycles. The Morgan fingerprint density at radius 3 is 2.29 bits per heavy atom. The Morgan fingerprint density at radius 2 is 1.71 bits per heavy atom. The van der Waals surface area contributed by atoms with Gasteiger partial charge in [0.1, 0.15) is 12.6 Å². The molecule has 2 rings (SSSR count). The maximum Gasteiger partial charge on any atom is 0.244 e. The zero-order valence-electron chi connectivity index (χ0n) is 21.8. The average molecular weight is 502 g/mol. The first-order valence-corrected chi connectivity index (χ1v) is 14.0. The molecule has 8 heteroatoms. The minimum atomic E-state index is -3.74. The van der Waals surface area contributed by atoms with Crippen LogP contribution in [0.5, 0.6) is 0 Å². The van der Waals surface area contributed by atoms with Gasteiger partial charge in [0.05, 0.1) is 11.9 Å². The van der Waals surface area contributed by atoms with Crippen LogP contribution in [-0.2, 0) is 26.2 Å². The van der Waals surface area contributed by atoms with E-state index in [2.05, 4.69) is 5.32 Å². The third kappa shape index (κ3) is 8.09. The number of anilines is 1. The van der Waals surface area contributed by atoms with Crippen LogP contribution < -0.4 is 9.62 Å². The van der Waals surface area contributed by atoms with Gasteiger partial charge in [-0.05, 0) is 62.4 Å². The Morgan fingerprint density at radius 1 is 1.00 bits per heavy atom. The van der Waals surface area contributed by atoms with Gasteiger partial charge in [-0.15, -0.1) is 0 Å². The second-order valence-electron chi connectivity index (χ2n) is 9.12. The van der Waals surface area contributed by atoms with Gasteiger partial charge < -0.3 is 10.2 Å². The van der Waals surface area contributed by atoms with E-state index < -0.39 is 22.0 Å². The van der Waals surface area contributed by atoms with E-state index in [4.69, 9.17) is 0 Å². The number of nitrogens with zero attached hydrogens (tertiary/aromatic N) is 2. The van der Waals surface area contributed by atoms with Gasteiger partial charge in [0.2, 0.25) is 21.8 Å². The maximum absolute atomic E-state index is 13.7. The van der Waals surface area contributed by atoms with Gasteiger partial charge >= 0.3 is 0 Å². The molecule has 0 unspecified atom stereocenters.